The van der Waals surface area contributed by atoms with E-state index in [2.05, 4.69) is 29.5 Å². The van der Waals surface area contributed by atoms with Gasteiger partial charge in [0.05, 0.1) is 0 Å². The van der Waals surface area contributed by atoms with E-state index in [1.165, 1.54) is 19.3 Å². The lowest BCUT2D eigenvalue weighted by molar-refractivity contribution is -0.525. The summed E-state index contributed by atoms with van der Waals surface area (Å²) in [5.74, 6) is 1.79. The number of rotatable bonds is 12. The molecule has 2 fully saturated rings. The highest BCUT2D eigenvalue weighted by Gasteiger charge is 2.40. The smallest absolute Gasteiger partial charge is 0.251 e. The van der Waals surface area contributed by atoms with E-state index < -0.39 is 11.1 Å². The third kappa shape index (κ3) is 8.16. The lowest BCUT2D eigenvalue weighted by Gasteiger charge is -2.23. The summed E-state index contributed by atoms with van der Waals surface area (Å²) in [7, 11) is 0. The number of nitrogens with zero attached hydrogens (tertiary/aromatic N) is 2. The number of hydrogen-bond donors (Lipinski definition) is 4. The predicted molar refractivity (Wildman–Crippen MR) is 114 cm³/mol. The zero-order chi connectivity index (χ0) is 22.1. The second-order valence-corrected chi connectivity index (χ2v) is 9.01. The summed E-state index contributed by atoms with van der Waals surface area (Å²) < 4.78 is 0. The van der Waals surface area contributed by atoms with E-state index >= 15 is 0 Å². The number of aliphatic imine (C=N–C) groups is 1. The SMILES string of the molecule is CC(C)CCNC(=O)[C@H](CCCN=C(N)N[N+](=O)[O-])NC(=O)CC1CC2CCC1C2. The Balaban J connectivity index is 1.83. The molecule has 2 bridgehead atoms. The highest BCUT2D eigenvalue weighted by atomic mass is 16.7. The van der Waals surface area contributed by atoms with Gasteiger partial charge in [-0.15, -0.1) is 0 Å². The van der Waals surface area contributed by atoms with Crippen molar-refractivity contribution in [3.8, 4) is 0 Å². The molecule has 0 aromatic heterocycles. The number of guanidine groups is 1. The van der Waals surface area contributed by atoms with Crippen LogP contribution >= 0.6 is 0 Å². The molecule has 5 N–H and O–H groups in total. The second-order valence-electron chi connectivity index (χ2n) is 9.01. The molecular weight excluding hydrogens is 388 g/mol. The van der Waals surface area contributed by atoms with Crippen LogP contribution in [0.4, 0.5) is 0 Å². The van der Waals surface area contributed by atoms with Gasteiger partial charge in [-0.25, -0.2) is 15.1 Å². The molecule has 0 aliphatic heterocycles. The minimum absolute atomic E-state index is 0.0745. The number of hydrogen-bond acceptors (Lipinski definition) is 5. The molecule has 10 nitrogen and oxygen atoms in total. The number of carbonyl (C=O) groups excluding carboxylic acids is 2. The van der Waals surface area contributed by atoms with Crippen LogP contribution in [0.15, 0.2) is 4.99 Å². The molecule has 2 rings (SSSR count). The van der Waals surface area contributed by atoms with Crippen LogP contribution in [0, 0.1) is 33.8 Å². The first kappa shape index (κ1) is 23.9. The van der Waals surface area contributed by atoms with Gasteiger partial charge < -0.3 is 16.4 Å². The quantitative estimate of drug-likeness (QED) is 0.122. The van der Waals surface area contributed by atoms with Gasteiger partial charge in [0.1, 0.15) is 6.04 Å². The zero-order valence-corrected chi connectivity index (χ0v) is 18.1. The van der Waals surface area contributed by atoms with Crippen molar-refractivity contribution in [1.29, 1.82) is 0 Å². The molecule has 3 unspecified atom stereocenters. The van der Waals surface area contributed by atoms with Gasteiger partial charge in [-0.05, 0) is 62.2 Å². The summed E-state index contributed by atoms with van der Waals surface area (Å²) in [6.45, 7) is 4.96. The van der Waals surface area contributed by atoms with Crippen molar-refractivity contribution in [3.05, 3.63) is 10.1 Å². The Morgan fingerprint density at radius 3 is 2.60 bits per heavy atom. The minimum atomic E-state index is -0.778. The largest absolute Gasteiger partial charge is 0.365 e. The summed E-state index contributed by atoms with van der Waals surface area (Å²) in [6.07, 6.45) is 7.09. The fraction of sp³-hybridized carbons (Fsp3) is 0.850. The average molecular weight is 425 g/mol. The number of nitrogens with two attached hydrogens (primary N) is 1. The zero-order valence-electron chi connectivity index (χ0n) is 18.1. The van der Waals surface area contributed by atoms with Crippen LogP contribution in [0.1, 0.15) is 65.2 Å². The summed E-state index contributed by atoms with van der Waals surface area (Å²) in [5.41, 5.74) is 7.17. The Bertz CT molecular complexity index is 639. The Labute approximate surface area is 177 Å². The molecule has 10 heteroatoms. The van der Waals surface area contributed by atoms with Crippen molar-refractivity contribution in [2.45, 2.75) is 71.3 Å². The fourth-order valence-corrected chi connectivity index (χ4v) is 4.62. The standard InChI is InChI=1S/C20H36N6O4/c1-13(2)7-9-22-19(28)17(4-3-8-23-20(21)25-26(29)30)24-18(27)12-16-11-14-5-6-15(16)10-14/h13-17H,3-12H2,1-2H3,(H,22,28)(H,24,27)(H3,21,23,25)/t14?,15?,16?,17-/m0/s1. The van der Waals surface area contributed by atoms with Crippen LogP contribution in [-0.2, 0) is 9.59 Å². The van der Waals surface area contributed by atoms with Gasteiger partial charge in [0, 0.05) is 19.5 Å². The van der Waals surface area contributed by atoms with Crippen molar-refractivity contribution in [2.24, 2.45) is 34.4 Å². The fourth-order valence-electron chi connectivity index (χ4n) is 4.62. The summed E-state index contributed by atoms with van der Waals surface area (Å²) in [6, 6.07) is -0.636. The van der Waals surface area contributed by atoms with Crippen molar-refractivity contribution < 1.29 is 14.6 Å². The van der Waals surface area contributed by atoms with Crippen LogP contribution in [0.25, 0.3) is 0 Å². The summed E-state index contributed by atoms with van der Waals surface area (Å²) in [5, 5.41) is 15.4. The van der Waals surface area contributed by atoms with E-state index in [1.807, 2.05) is 0 Å². The van der Waals surface area contributed by atoms with Crippen LogP contribution < -0.4 is 21.8 Å². The molecule has 0 aromatic rings. The van der Waals surface area contributed by atoms with E-state index in [0.29, 0.717) is 43.6 Å². The number of nitrogens with one attached hydrogen (secondary N) is 3. The predicted octanol–water partition coefficient (Wildman–Crippen LogP) is 1.34. The Kier molecular flexibility index (Phi) is 9.32. The molecule has 2 aliphatic rings. The molecule has 0 heterocycles. The monoisotopic (exact) mass is 424 g/mol. The summed E-state index contributed by atoms with van der Waals surface area (Å²) >= 11 is 0. The maximum atomic E-state index is 12.6. The van der Waals surface area contributed by atoms with Gasteiger partial charge >= 0.3 is 0 Å². The van der Waals surface area contributed by atoms with Crippen molar-refractivity contribution >= 4 is 17.8 Å². The molecule has 0 aromatic carbocycles. The lowest BCUT2D eigenvalue weighted by Crippen LogP contribution is -2.47. The number of hydrazine groups is 1. The van der Waals surface area contributed by atoms with Gasteiger partial charge in [-0.2, -0.15) is 0 Å². The topological polar surface area (TPSA) is 152 Å². The van der Waals surface area contributed by atoms with E-state index in [1.54, 1.807) is 5.43 Å². The maximum absolute atomic E-state index is 12.6. The molecule has 4 atom stereocenters. The average Bonchev–Trinajstić information content (AvgIpc) is 3.26. The van der Waals surface area contributed by atoms with Crippen LogP contribution in [-0.4, -0.2) is 41.9 Å². The Morgan fingerprint density at radius 1 is 1.23 bits per heavy atom. The molecule has 30 heavy (non-hydrogen) atoms. The molecule has 0 saturated heterocycles. The van der Waals surface area contributed by atoms with Crippen molar-refractivity contribution in [2.75, 3.05) is 13.1 Å². The van der Waals surface area contributed by atoms with Crippen molar-refractivity contribution in [1.82, 2.24) is 16.1 Å². The van der Waals surface area contributed by atoms with Crippen molar-refractivity contribution in [3.63, 3.8) is 0 Å². The minimum Gasteiger partial charge on any atom is -0.365 e. The van der Waals surface area contributed by atoms with Crippen LogP contribution in [0.2, 0.25) is 0 Å². The first-order valence-electron chi connectivity index (χ1n) is 11.0. The second kappa shape index (κ2) is 11.7. The first-order chi connectivity index (χ1) is 14.2. The highest BCUT2D eigenvalue weighted by Crippen LogP contribution is 2.49. The maximum Gasteiger partial charge on any atom is 0.251 e. The van der Waals surface area contributed by atoms with Gasteiger partial charge in [-0.1, -0.05) is 25.7 Å². The Morgan fingerprint density at radius 2 is 2.00 bits per heavy atom. The van der Waals surface area contributed by atoms with Gasteiger partial charge in [0.2, 0.25) is 11.8 Å². The molecular formula is C20H36N6O4. The molecule has 2 aliphatic carbocycles. The van der Waals surface area contributed by atoms with E-state index in [4.69, 9.17) is 5.73 Å². The molecule has 2 saturated carbocycles. The van der Waals surface area contributed by atoms with Gasteiger partial charge in [0.15, 0.2) is 5.03 Å². The van der Waals surface area contributed by atoms with E-state index in [-0.39, 0.29) is 24.3 Å². The van der Waals surface area contributed by atoms with Crippen LogP contribution in [0.5, 0.6) is 0 Å². The third-order valence-corrected chi connectivity index (χ3v) is 6.14. The number of amides is 2. The first-order valence-corrected chi connectivity index (χ1v) is 11.0. The molecule has 0 spiro atoms. The van der Waals surface area contributed by atoms with Crippen LogP contribution in [0.3, 0.4) is 0 Å². The number of nitro groups is 1. The molecule has 2 amide bonds. The molecule has 0 radical (unpaired) electrons. The third-order valence-electron chi connectivity index (χ3n) is 6.14. The number of fused-ring (bicyclic) bond motifs is 2. The highest BCUT2D eigenvalue weighted by molar-refractivity contribution is 5.87. The van der Waals surface area contributed by atoms with Gasteiger partial charge in [-0.3, -0.25) is 9.59 Å². The van der Waals surface area contributed by atoms with Gasteiger partial charge in [0.25, 0.3) is 5.96 Å². The summed E-state index contributed by atoms with van der Waals surface area (Å²) in [4.78, 5) is 39.4. The van der Waals surface area contributed by atoms with E-state index in [0.717, 1.165) is 18.8 Å². The lowest BCUT2D eigenvalue weighted by atomic mass is 9.86. The number of carbonyl (C=O) groups is 2. The normalized spacial score (nSPS) is 24.0. The van der Waals surface area contributed by atoms with E-state index in [9.17, 15) is 19.7 Å². The molecule has 170 valence electrons. The Hall–Kier alpha value is -2.39.